The number of carbonyl (C=O) groups excluding carboxylic acids is 1. The molecule has 2 N–H and O–H groups in total. The van der Waals surface area contributed by atoms with Crippen molar-refractivity contribution < 1.29 is 19.1 Å². The van der Waals surface area contributed by atoms with Crippen LogP contribution in [0.25, 0.3) is 22.8 Å². The number of rotatable bonds is 2. The number of hydrogen-bond acceptors (Lipinski definition) is 2. The van der Waals surface area contributed by atoms with Gasteiger partial charge in [0, 0.05) is 16.8 Å². The first-order valence-corrected chi connectivity index (χ1v) is 7.62. The summed E-state index contributed by atoms with van der Waals surface area (Å²) in [6, 6.07) is 14.5. The molecule has 0 fully saturated rings. The molecule has 1 heterocycles. The Bertz CT molecular complexity index is 1040. The second kappa shape index (κ2) is 5.56. The van der Waals surface area contributed by atoms with Crippen molar-refractivity contribution in [1.82, 2.24) is 0 Å². The minimum absolute atomic E-state index is 0.163. The standard InChI is InChI=1S/C20H12FNO3/c21-12-6-7-18-15(10-12)16(19(23)22-18)8-11-9-17(20(24)25)14-5-3-1-2-4-13(11)14/h1-10H,(H,22,23)(H,24,25)/b16-8-. The molecule has 4 nitrogen and oxygen atoms in total. The number of hydrogen-bond donors (Lipinski definition) is 2. The first-order valence-electron chi connectivity index (χ1n) is 7.62. The summed E-state index contributed by atoms with van der Waals surface area (Å²) in [6.45, 7) is 0. The van der Waals surface area contributed by atoms with E-state index in [1.54, 1.807) is 36.4 Å². The van der Waals surface area contributed by atoms with Crippen molar-refractivity contribution in [3.63, 3.8) is 0 Å². The van der Waals surface area contributed by atoms with Crippen LogP contribution in [0.4, 0.5) is 10.1 Å². The van der Waals surface area contributed by atoms with Crippen molar-refractivity contribution in [2.75, 3.05) is 5.32 Å². The van der Waals surface area contributed by atoms with Gasteiger partial charge in [0.25, 0.3) is 5.91 Å². The average molecular weight is 333 g/mol. The average Bonchev–Trinajstić information content (AvgIpc) is 2.94. The summed E-state index contributed by atoms with van der Waals surface area (Å²) in [6.07, 6.45) is 1.61. The fraction of sp³-hybridized carbons (Fsp3) is 0. The molecule has 0 radical (unpaired) electrons. The molecule has 1 amide bonds. The van der Waals surface area contributed by atoms with Gasteiger partial charge in [-0.25, -0.2) is 9.18 Å². The van der Waals surface area contributed by atoms with Crippen LogP contribution in [0.15, 0.2) is 54.6 Å². The summed E-state index contributed by atoms with van der Waals surface area (Å²) >= 11 is 0. The van der Waals surface area contributed by atoms with Crippen LogP contribution in [-0.4, -0.2) is 17.0 Å². The number of carbonyl (C=O) groups is 2. The number of anilines is 1. The molecule has 0 saturated carbocycles. The van der Waals surface area contributed by atoms with Crippen LogP contribution in [0.5, 0.6) is 0 Å². The summed E-state index contributed by atoms with van der Waals surface area (Å²) < 4.78 is 13.6. The van der Waals surface area contributed by atoms with E-state index in [-0.39, 0.29) is 11.5 Å². The molecule has 122 valence electrons. The minimum Gasteiger partial charge on any atom is -0.478 e. The van der Waals surface area contributed by atoms with Gasteiger partial charge >= 0.3 is 5.97 Å². The molecule has 0 bridgehead atoms. The van der Waals surface area contributed by atoms with Crippen LogP contribution in [0.2, 0.25) is 0 Å². The van der Waals surface area contributed by atoms with Crippen molar-refractivity contribution in [3.05, 3.63) is 77.1 Å². The highest BCUT2D eigenvalue weighted by molar-refractivity contribution is 6.35. The van der Waals surface area contributed by atoms with Crippen molar-refractivity contribution in [2.45, 2.75) is 0 Å². The zero-order chi connectivity index (χ0) is 17.6. The zero-order valence-corrected chi connectivity index (χ0v) is 12.9. The van der Waals surface area contributed by atoms with E-state index in [0.29, 0.717) is 33.5 Å². The molecule has 1 aromatic rings. The lowest BCUT2D eigenvalue weighted by Gasteiger charge is -2.00. The van der Waals surface area contributed by atoms with Gasteiger partial charge in [-0.15, -0.1) is 0 Å². The van der Waals surface area contributed by atoms with E-state index in [1.165, 1.54) is 24.3 Å². The Morgan fingerprint density at radius 2 is 1.76 bits per heavy atom. The Morgan fingerprint density at radius 1 is 1.00 bits per heavy atom. The summed E-state index contributed by atoms with van der Waals surface area (Å²) in [7, 11) is 0. The van der Waals surface area contributed by atoms with Crippen LogP contribution in [-0.2, 0) is 4.79 Å². The highest BCUT2D eigenvalue weighted by atomic mass is 19.1. The van der Waals surface area contributed by atoms with Gasteiger partial charge < -0.3 is 10.4 Å². The number of carboxylic acids is 1. The quantitative estimate of drug-likeness (QED) is 0.693. The third-order valence-electron chi connectivity index (χ3n) is 4.23. The summed E-state index contributed by atoms with van der Waals surface area (Å²) in [5.74, 6) is -1.82. The maximum atomic E-state index is 13.6. The van der Waals surface area contributed by atoms with Gasteiger partial charge in [0.05, 0.1) is 5.56 Å². The van der Waals surface area contributed by atoms with Crippen molar-refractivity contribution in [2.24, 2.45) is 0 Å². The lowest BCUT2D eigenvalue weighted by Crippen LogP contribution is -2.03. The highest BCUT2D eigenvalue weighted by Gasteiger charge is 2.26. The fourth-order valence-corrected chi connectivity index (χ4v) is 3.10. The van der Waals surface area contributed by atoms with E-state index in [4.69, 9.17) is 0 Å². The van der Waals surface area contributed by atoms with Crippen LogP contribution < -0.4 is 5.32 Å². The van der Waals surface area contributed by atoms with Gasteiger partial charge in [0.15, 0.2) is 0 Å². The smallest absolute Gasteiger partial charge is 0.336 e. The highest BCUT2D eigenvalue weighted by Crippen LogP contribution is 2.38. The Balaban J connectivity index is 1.93. The summed E-state index contributed by atoms with van der Waals surface area (Å²) in [5, 5.41) is 12.1. The van der Waals surface area contributed by atoms with Crippen molar-refractivity contribution in [3.8, 4) is 11.1 Å². The minimum atomic E-state index is -1.04. The Morgan fingerprint density at radius 3 is 2.52 bits per heavy atom. The van der Waals surface area contributed by atoms with Gasteiger partial charge in [-0.05, 0) is 47.0 Å². The number of halogens is 1. The topological polar surface area (TPSA) is 66.4 Å². The Kier molecular flexibility index (Phi) is 3.35. The molecule has 1 aliphatic heterocycles. The van der Waals surface area contributed by atoms with Crippen LogP contribution >= 0.6 is 0 Å². The predicted octanol–water partition coefficient (Wildman–Crippen LogP) is 4.12. The van der Waals surface area contributed by atoms with E-state index in [9.17, 15) is 19.1 Å². The molecule has 0 unspecified atom stereocenters. The number of carboxylic acid groups (broad SMARTS) is 1. The largest absolute Gasteiger partial charge is 0.478 e. The van der Waals surface area contributed by atoms with Gasteiger partial charge in [-0.2, -0.15) is 0 Å². The second-order valence-corrected chi connectivity index (χ2v) is 5.76. The van der Waals surface area contributed by atoms with Gasteiger partial charge in [0.2, 0.25) is 0 Å². The van der Waals surface area contributed by atoms with E-state index in [1.807, 2.05) is 0 Å². The van der Waals surface area contributed by atoms with Crippen LogP contribution in [0, 0.1) is 5.82 Å². The Hall–Kier alpha value is -3.47. The van der Waals surface area contributed by atoms with Gasteiger partial charge in [-0.1, -0.05) is 30.3 Å². The molecular formula is C20H12FNO3. The van der Waals surface area contributed by atoms with Gasteiger partial charge in [-0.3, -0.25) is 4.79 Å². The molecule has 2 aliphatic carbocycles. The monoisotopic (exact) mass is 333 g/mol. The fourth-order valence-electron chi connectivity index (χ4n) is 3.10. The van der Waals surface area contributed by atoms with E-state index in [0.717, 1.165) is 0 Å². The maximum Gasteiger partial charge on any atom is 0.336 e. The SMILES string of the molecule is O=C1Nc2ccc(F)cc2/C1=C/c1cc(C(=O)O)c2cccccc1-2. The van der Waals surface area contributed by atoms with Crippen molar-refractivity contribution in [1.29, 1.82) is 0 Å². The number of benzene rings is 1. The lowest BCUT2D eigenvalue weighted by molar-refractivity contribution is -0.110. The van der Waals surface area contributed by atoms with Gasteiger partial charge in [0.1, 0.15) is 5.82 Å². The summed E-state index contributed by atoms with van der Waals surface area (Å²) in [4.78, 5) is 23.8. The predicted molar refractivity (Wildman–Crippen MR) is 92.9 cm³/mol. The number of amides is 1. The molecule has 25 heavy (non-hydrogen) atoms. The van der Waals surface area contributed by atoms with E-state index in [2.05, 4.69) is 5.32 Å². The molecule has 0 aromatic heterocycles. The molecule has 1 aromatic carbocycles. The molecule has 0 atom stereocenters. The Labute approximate surface area is 142 Å². The number of aromatic carboxylic acids is 1. The first kappa shape index (κ1) is 15.1. The molecular weight excluding hydrogens is 321 g/mol. The maximum absolute atomic E-state index is 13.6. The van der Waals surface area contributed by atoms with E-state index >= 15 is 0 Å². The normalized spacial score (nSPS) is 14.6. The first-order chi connectivity index (χ1) is 12.0. The van der Waals surface area contributed by atoms with E-state index < -0.39 is 11.8 Å². The molecule has 3 aliphatic rings. The molecule has 4 rings (SSSR count). The summed E-state index contributed by atoms with van der Waals surface area (Å²) in [5.41, 5.74) is 3.38. The zero-order valence-electron chi connectivity index (χ0n) is 12.9. The van der Waals surface area contributed by atoms with Crippen molar-refractivity contribution >= 4 is 29.2 Å². The van der Waals surface area contributed by atoms with Crippen LogP contribution in [0.1, 0.15) is 21.5 Å². The lowest BCUT2D eigenvalue weighted by atomic mass is 10.0. The third kappa shape index (κ3) is 2.46. The number of fused-ring (bicyclic) bond motifs is 2. The second-order valence-electron chi connectivity index (χ2n) is 5.76. The molecule has 5 heteroatoms. The molecule has 0 saturated heterocycles. The third-order valence-corrected chi connectivity index (χ3v) is 4.23. The molecule has 0 spiro atoms. The number of nitrogens with one attached hydrogen (secondary N) is 1. The van der Waals surface area contributed by atoms with Crippen LogP contribution in [0.3, 0.4) is 0 Å².